The Morgan fingerprint density at radius 1 is 1.21 bits per heavy atom. The molecule has 2 aromatic rings. The van der Waals surface area contributed by atoms with Crippen molar-refractivity contribution in [3.8, 4) is 0 Å². The standard InChI is InChI=1S/C14H14FN3S/c15-12-5-3-4-11(10-12)7-9-17-14(19)18-13-6-1-2-8-16-13/h1-6,8,10H,7,9H2,(H2,16,17,18,19). The van der Waals surface area contributed by atoms with Crippen LogP contribution in [-0.4, -0.2) is 16.6 Å². The van der Waals surface area contributed by atoms with E-state index < -0.39 is 0 Å². The van der Waals surface area contributed by atoms with Crippen molar-refractivity contribution in [1.82, 2.24) is 10.3 Å². The molecule has 0 amide bonds. The van der Waals surface area contributed by atoms with E-state index in [1.165, 1.54) is 12.1 Å². The molecule has 0 atom stereocenters. The number of hydrogen-bond acceptors (Lipinski definition) is 2. The van der Waals surface area contributed by atoms with Gasteiger partial charge >= 0.3 is 0 Å². The lowest BCUT2D eigenvalue weighted by Crippen LogP contribution is -2.30. The van der Waals surface area contributed by atoms with Crippen molar-refractivity contribution in [2.75, 3.05) is 11.9 Å². The maximum atomic E-state index is 13.0. The molecule has 2 N–H and O–H groups in total. The molecule has 1 aromatic heterocycles. The van der Waals surface area contributed by atoms with Crippen molar-refractivity contribution in [1.29, 1.82) is 0 Å². The van der Waals surface area contributed by atoms with Gasteiger partial charge in [-0.1, -0.05) is 18.2 Å². The van der Waals surface area contributed by atoms with Crippen LogP contribution in [-0.2, 0) is 6.42 Å². The topological polar surface area (TPSA) is 37.0 Å². The first kappa shape index (κ1) is 13.4. The van der Waals surface area contributed by atoms with Gasteiger partial charge in [-0.2, -0.15) is 0 Å². The molecular weight excluding hydrogens is 261 g/mol. The highest BCUT2D eigenvalue weighted by Crippen LogP contribution is 2.04. The van der Waals surface area contributed by atoms with E-state index in [1.807, 2.05) is 24.3 Å². The van der Waals surface area contributed by atoms with Gasteiger partial charge in [0.2, 0.25) is 0 Å². The first-order valence-corrected chi connectivity index (χ1v) is 6.35. The van der Waals surface area contributed by atoms with E-state index in [2.05, 4.69) is 15.6 Å². The van der Waals surface area contributed by atoms with Crippen molar-refractivity contribution in [2.45, 2.75) is 6.42 Å². The minimum atomic E-state index is -0.216. The van der Waals surface area contributed by atoms with Gasteiger partial charge in [-0.05, 0) is 48.5 Å². The summed E-state index contributed by atoms with van der Waals surface area (Å²) < 4.78 is 13.0. The van der Waals surface area contributed by atoms with E-state index >= 15 is 0 Å². The van der Waals surface area contributed by atoms with Crippen molar-refractivity contribution >= 4 is 23.1 Å². The Bertz CT molecular complexity index is 545. The molecule has 0 fully saturated rings. The zero-order chi connectivity index (χ0) is 13.5. The lowest BCUT2D eigenvalue weighted by atomic mass is 10.1. The Morgan fingerprint density at radius 3 is 2.84 bits per heavy atom. The van der Waals surface area contributed by atoms with Crippen LogP contribution in [0.1, 0.15) is 5.56 Å². The highest BCUT2D eigenvalue weighted by Gasteiger charge is 1.99. The summed E-state index contributed by atoms with van der Waals surface area (Å²) in [5, 5.41) is 6.54. The summed E-state index contributed by atoms with van der Waals surface area (Å²) >= 11 is 5.14. The van der Waals surface area contributed by atoms with E-state index in [4.69, 9.17) is 12.2 Å². The third kappa shape index (κ3) is 4.63. The molecule has 0 aliphatic rings. The van der Waals surface area contributed by atoms with Crippen LogP contribution in [0.2, 0.25) is 0 Å². The van der Waals surface area contributed by atoms with E-state index in [-0.39, 0.29) is 5.82 Å². The number of benzene rings is 1. The van der Waals surface area contributed by atoms with Crippen LogP contribution in [0.25, 0.3) is 0 Å². The third-order valence-electron chi connectivity index (χ3n) is 2.49. The summed E-state index contributed by atoms with van der Waals surface area (Å²) in [6.07, 6.45) is 2.40. The molecule has 1 aromatic carbocycles. The Balaban J connectivity index is 1.75. The number of anilines is 1. The fraction of sp³-hybridized carbons (Fsp3) is 0.143. The number of rotatable bonds is 4. The van der Waals surface area contributed by atoms with E-state index in [0.29, 0.717) is 23.9 Å². The summed E-state index contributed by atoms with van der Waals surface area (Å²) in [6.45, 7) is 0.641. The maximum absolute atomic E-state index is 13.0. The van der Waals surface area contributed by atoms with Crippen LogP contribution in [0.5, 0.6) is 0 Å². The third-order valence-corrected chi connectivity index (χ3v) is 2.74. The summed E-state index contributed by atoms with van der Waals surface area (Å²) in [5.74, 6) is 0.484. The molecule has 0 spiro atoms. The van der Waals surface area contributed by atoms with Gasteiger partial charge in [0.1, 0.15) is 11.6 Å². The predicted molar refractivity (Wildman–Crippen MR) is 78.6 cm³/mol. The van der Waals surface area contributed by atoms with Gasteiger partial charge in [0.15, 0.2) is 5.11 Å². The number of nitrogens with zero attached hydrogens (tertiary/aromatic N) is 1. The first-order chi connectivity index (χ1) is 9.24. The molecule has 0 bridgehead atoms. The Morgan fingerprint density at radius 2 is 2.11 bits per heavy atom. The summed E-state index contributed by atoms with van der Waals surface area (Å²) in [4.78, 5) is 4.11. The number of aromatic nitrogens is 1. The Kier molecular flexibility index (Phi) is 4.80. The van der Waals surface area contributed by atoms with Gasteiger partial charge in [-0.3, -0.25) is 0 Å². The van der Waals surface area contributed by atoms with Crippen LogP contribution >= 0.6 is 12.2 Å². The second kappa shape index (κ2) is 6.80. The minimum absolute atomic E-state index is 0.216. The molecule has 3 nitrogen and oxygen atoms in total. The molecule has 0 radical (unpaired) electrons. The first-order valence-electron chi connectivity index (χ1n) is 5.94. The molecule has 0 aliphatic heterocycles. The average molecular weight is 275 g/mol. The van der Waals surface area contributed by atoms with E-state index in [1.54, 1.807) is 12.3 Å². The number of nitrogens with one attached hydrogen (secondary N) is 2. The van der Waals surface area contributed by atoms with Gasteiger partial charge in [0.25, 0.3) is 0 Å². The maximum Gasteiger partial charge on any atom is 0.171 e. The zero-order valence-electron chi connectivity index (χ0n) is 10.3. The van der Waals surface area contributed by atoms with Gasteiger partial charge in [-0.15, -0.1) is 0 Å². The van der Waals surface area contributed by atoms with Crippen LogP contribution in [0, 0.1) is 5.82 Å². The fourth-order valence-corrected chi connectivity index (χ4v) is 1.82. The fourth-order valence-electron chi connectivity index (χ4n) is 1.61. The molecule has 2 rings (SSSR count). The summed E-state index contributed by atoms with van der Waals surface area (Å²) in [6, 6.07) is 12.1. The van der Waals surface area contributed by atoms with Crippen LogP contribution < -0.4 is 10.6 Å². The average Bonchev–Trinajstić information content (AvgIpc) is 2.40. The highest BCUT2D eigenvalue weighted by molar-refractivity contribution is 7.80. The SMILES string of the molecule is Fc1cccc(CCNC(=S)Nc2ccccn2)c1. The van der Waals surface area contributed by atoms with Gasteiger partial charge in [0.05, 0.1) is 0 Å². The minimum Gasteiger partial charge on any atom is -0.362 e. The van der Waals surface area contributed by atoms with Crippen LogP contribution in [0.4, 0.5) is 10.2 Å². The Labute approximate surface area is 116 Å². The van der Waals surface area contributed by atoms with Gasteiger partial charge in [0, 0.05) is 12.7 Å². The van der Waals surface area contributed by atoms with Crippen LogP contribution in [0.15, 0.2) is 48.7 Å². The van der Waals surface area contributed by atoms with E-state index in [9.17, 15) is 4.39 Å². The highest BCUT2D eigenvalue weighted by atomic mass is 32.1. The van der Waals surface area contributed by atoms with Gasteiger partial charge < -0.3 is 10.6 Å². The number of hydrogen-bond donors (Lipinski definition) is 2. The van der Waals surface area contributed by atoms with Crippen molar-refractivity contribution in [2.24, 2.45) is 0 Å². The summed E-state index contributed by atoms with van der Waals surface area (Å²) in [5.41, 5.74) is 0.938. The molecular formula is C14H14FN3S. The summed E-state index contributed by atoms with van der Waals surface area (Å²) in [7, 11) is 0. The molecule has 0 aliphatic carbocycles. The van der Waals surface area contributed by atoms with Crippen molar-refractivity contribution in [3.63, 3.8) is 0 Å². The number of pyridine rings is 1. The predicted octanol–water partition coefficient (Wildman–Crippen LogP) is 2.75. The lowest BCUT2D eigenvalue weighted by Gasteiger charge is -2.09. The smallest absolute Gasteiger partial charge is 0.171 e. The van der Waals surface area contributed by atoms with Crippen LogP contribution in [0.3, 0.4) is 0 Å². The Hall–Kier alpha value is -2.01. The van der Waals surface area contributed by atoms with Gasteiger partial charge in [-0.25, -0.2) is 9.37 Å². The monoisotopic (exact) mass is 275 g/mol. The van der Waals surface area contributed by atoms with Crippen molar-refractivity contribution in [3.05, 3.63) is 60.0 Å². The number of thiocarbonyl (C=S) groups is 1. The molecule has 0 unspecified atom stereocenters. The van der Waals surface area contributed by atoms with E-state index in [0.717, 1.165) is 5.56 Å². The molecule has 0 saturated carbocycles. The quantitative estimate of drug-likeness (QED) is 0.841. The van der Waals surface area contributed by atoms with Crippen molar-refractivity contribution < 1.29 is 4.39 Å². The zero-order valence-corrected chi connectivity index (χ0v) is 11.1. The molecule has 5 heteroatoms. The largest absolute Gasteiger partial charge is 0.362 e. The lowest BCUT2D eigenvalue weighted by molar-refractivity contribution is 0.625. The number of halogens is 1. The second-order valence-corrected chi connectivity index (χ2v) is 4.38. The molecule has 1 heterocycles. The second-order valence-electron chi connectivity index (χ2n) is 3.98. The normalized spacial score (nSPS) is 9.95. The molecule has 0 saturated heterocycles. The molecule has 98 valence electrons. The molecule has 19 heavy (non-hydrogen) atoms.